The number of halogens is 2. The van der Waals surface area contributed by atoms with Gasteiger partial charge in [-0.05, 0) is 47.4 Å². The fraction of sp³-hybridized carbons (Fsp3) is 0.286. The zero-order valence-corrected chi connectivity index (χ0v) is 17.0. The molecule has 29 heavy (non-hydrogen) atoms. The summed E-state index contributed by atoms with van der Waals surface area (Å²) in [6, 6.07) is 13.4. The van der Waals surface area contributed by atoms with E-state index in [9.17, 15) is 13.6 Å². The third-order valence-electron chi connectivity index (χ3n) is 4.13. The number of benzene rings is 2. The molecule has 0 amide bonds. The van der Waals surface area contributed by atoms with Gasteiger partial charge < -0.3 is 9.15 Å². The van der Waals surface area contributed by atoms with Gasteiger partial charge in [0.2, 0.25) is 5.89 Å². The first-order chi connectivity index (χ1) is 13.7. The number of aromatic nitrogens is 2. The summed E-state index contributed by atoms with van der Waals surface area (Å²) in [5, 5.41) is 8.28. The number of ketones is 1. The summed E-state index contributed by atoms with van der Waals surface area (Å²) in [6.45, 7) is 3.52. The molecule has 0 atom stereocenters. The highest BCUT2D eigenvalue weighted by atomic mass is 32.2. The second kappa shape index (κ2) is 8.73. The SMILES string of the molecule is CC(C)(C)c1ccc(-c2nnc(SCC(=O)c3ccc(OC(F)F)cc3)o2)cc1. The van der Waals surface area contributed by atoms with Gasteiger partial charge in [-0.25, -0.2) is 0 Å². The van der Waals surface area contributed by atoms with Crippen molar-refractivity contribution in [2.45, 2.75) is 38.0 Å². The van der Waals surface area contributed by atoms with Gasteiger partial charge in [0.05, 0.1) is 5.75 Å². The van der Waals surface area contributed by atoms with Crippen molar-refractivity contribution in [3.8, 4) is 17.2 Å². The van der Waals surface area contributed by atoms with Crippen molar-refractivity contribution >= 4 is 17.5 Å². The predicted molar refractivity (Wildman–Crippen MR) is 107 cm³/mol. The fourth-order valence-corrected chi connectivity index (χ4v) is 3.19. The molecule has 3 aromatic rings. The van der Waals surface area contributed by atoms with Gasteiger partial charge in [0.25, 0.3) is 5.22 Å². The Labute approximate surface area is 171 Å². The number of alkyl halides is 2. The van der Waals surface area contributed by atoms with E-state index in [0.717, 1.165) is 17.3 Å². The Hall–Kier alpha value is -2.74. The number of hydrogen-bond donors (Lipinski definition) is 0. The maximum Gasteiger partial charge on any atom is 0.387 e. The second-order valence-corrected chi connectivity index (χ2v) is 8.24. The first-order valence-corrected chi connectivity index (χ1v) is 9.86. The van der Waals surface area contributed by atoms with Crippen LogP contribution in [0, 0.1) is 0 Å². The highest BCUT2D eigenvalue weighted by molar-refractivity contribution is 7.99. The average Bonchev–Trinajstić information content (AvgIpc) is 3.15. The molecule has 0 bridgehead atoms. The van der Waals surface area contributed by atoms with E-state index in [4.69, 9.17) is 4.42 Å². The van der Waals surface area contributed by atoms with Gasteiger partial charge in [0.1, 0.15) is 5.75 Å². The number of hydrogen-bond acceptors (Lipinski definition) is 6. The lowest BCUT2D eigenvalue weighted by Gasteiger charge is -2.18. The summed E-state index contributed by atoms with van der Waals surface area (Å²) < 4.78 is 34.2. The van der Waals surface area contributed by atoms with E-state index < -0.39 is 6.61 Å². The minimum Gasteiger partial charge on any atom is -0.435 e. The Morgan fingerprint density at radius 2 is 1.72 bits per heavy atom. The molecule has 1 aromatic heterocycles. The molecule has 0 radical (unpaired) electrons. The minimum atomic E-state index is -2.90. The van der Waals surface area contributed by atoms with Crippen LogP contribution in [0.1, 0.15) is 36.7 Å². The smallest absolute Gasteiger partial charge is 0.387 e. The van der Waals surface area contributed by atoms with E-state index in [1.807, 2.05) is 24.3 Å². The van der Waals surface area contributed by atoms with Crippen molar-refractivity contribution < 1.29 is 22.7 Å². The van der Waals surface area contributed by atoms with E-state index in [0.29, 0.717) is 11.5 Å². The number of Topliss-reactive ketones (excluding diaryl/α,β-unsaturated/α-hetero) is 1. The summed E-state index contributed by atoms with van der Waals surface area (Å²) in [7, 11) is 0. The molecule has 0 aliphatic carbocycles. The van der Waals surface area contributed by atoms with Crippen molar-refractivity contribution in [2.24, 2.45) is 0 Å². The summed E-state index contributed by atoms with van der Waals surface area (Å²) in [6.07, 6.45) is 0. The Kier molecular flexibility index (Phi) is 6.32. The average molecular weight is 418 g/mol. The van der Waals surface area contributed by atoms with Crippen LogP contribution in [-0.2, 0) is 5.41 Å². The molecular formula is C21H20F2N2O3S. The van der Waals surface area contributed by atoms with Gasteiger partial charge in [-0.3, -0.25) is 4.79 Å². The second-order valence-electron chi connectivity index (χ2n) is 7.32. The maximum atomic E-state index is 12.3. The van der Waals surface area contributed by atoms with Crippen LogP contribution in [0.5, 0.6) is 5.75 Å². The molecule has 0 saturated carbocycles. The first kappa shape index (κ1) is 21.0. The van der Waals surface area contributed by atoms with Crippen LogP contribution in [-0.4, -0.2) is 28.3 Å². The molecule has 8 heteroatoms. The third-order valence-corrected chi connectivity index (χ3v) is 4.95. The van der Waals surface area contributed by atoms with E-state index in [-0.39, 0.29) is 27.9 Å². The molecule has 0 aliphatic rings. The molecule has 0 spiro atoms. The quantitative estimate of drug-likeness (QED) is 0.367. The molecule has 0 unspecified atom stereocenters. The van der Waals surface area contributed by atoms with Gasteiger partial charge in [0.15, 0.2) is 5.78 Å². The summed E-state index contributed by atoms with van der Waals surface area (Å²) in [5.41, 5.74) is 2.44. The number of carbonyl (C=O) groups is 1. The van der Waals surface area contributed by atoms with E-state index in [1.54, 1.807) is 0 Å². The predicted octanol–water partition coefficient (Wildman–Crippen LogP) is 5.61. The van der Waals surface area contributed by atoms with Gasteiger partial charge in [-0.15, -0.1) is 10.2 Å². The zero-order valence-electron chi connectivity index (χ0n) is 16.2. The summed E-state index contributed by atoms with van der Waals surface area (Å²) >= 11 is 1.12. The van der Waals surface area contributed by atoms with Crippen LogP contribution in [0.4, 0.5) is 8.78 Å². The van der Waals surface area contributed by atoms with Crippen molar-refractivity contribution in [1.82, 2.24) is 10.2 Å². The lowest BCUT2D eigenvalue weighted by molar-refractivity contribution is -0.0498. The van der Waals surface area contributed by atoms with Crippen LogP contribution in [0.2, 0.25) is 0 Å². The first-order valence-electron chi connectivity index (χ1n) is 8.87. The molecule has 5 nitrogen and oxygen atoms in total. The number of ether oxygens (including phenoxy) is 1. The molecule has 1 heterocycles. The largest absolute Gasteiger partial charge is 0.435 e. The lowest BCUT2D eigenvalue weighted by Crippen LogP contribution is -2.10. The van der Waals surface area contributed by atoms with Crippen LogP contribution in [0.25, 0.3) is 11.5 Å². The van der Waals surface area contributed by atoms with Gasteiger partial charge in [-0.2, -0.15) is 8.78 Å². The Morgan fingerprint density at radius 3 is 2.31 bits per heavy atom. The number of rotatable bonds is 7. The highest BCUT2D eigenvalue weighted by Crippen LogP contribution is 2.27. The van der Waals surface area contributed by atoms with Crippen LogP contribution in [0.15, 0.2) is 58.2 Å². The molecule has 2 aromatic carbocycles. The summed E-state index contributed by atoms with van der Waals surface area (Å²) in [5.74, 6) is 0.282. The van der Waals surface area contributed by atoms with Crippen LogP contribution < -0.4 is 4.74 Å². The molecular weight excluding hydrogens is 398 g/mol. The normalized spacial score (nSPS) is 11.7. The van der Waals surface area contributed by atoms with E-state index in [1.165, 1.54) is 29.8 Å². The summed E-state index contributed by atoms with van der Waals surface area (Å²) in [4.78, 5) is 12.3. The van der Waals surface area contributed by atoms with E-state index >= 15 is 0 Å². The third kappa shape index (κ3) is 5.63. The Balaban J connectivity index is 1.59. The Morgan fingerprint density at radius 1 is 1.07 bits per heavy atom. The van der Waals surface area contributed by atoms with E-state index in [2.05, 4.69) is 35.7 Å². The number of carbonyl (C=O) groups excluding carboxylic acids is 1. The molecule has 0 aliphatic heterocycles. The molecule has 152 valence electrons. The molecule has 0 N–H and O–H groups in total. The van der Waals surface area contributed by atoms with Crippen molar-refractivity contribution in [1.29, 1.82) is 0 Å². The van der Waals surface area contributed by atoms with Crippen molar-refractivity contribution in [2.75, 3.05) is 5.75 Å². The van der Waals surface area contributed by atoms with Crippen molar-refractivity contribution in [3.63, 3.8) is 0 Å². The lowest BCUT2D eigenvalue weighted by atomic mass is 9.87. The monoisotopic (exact) mass is 418 g/mol. The minimum absolute atomic E-state index is 0.00299. The van der Waals surface area contributed by atoms with Gasteiger partial charge in [-0.1, -0.05) is 44.7 Å². The van der Waals surface area contributed by atoms with Gasteiger partial charge >= 0.3 is 6.61 Å². The van der Waals surface area contributed by atoms with Crippen LogP contribution in [0.3, 0.4) is 0 Å². The number of nitrogens with zero attached hydrogens (tertiary/aromatic N) is 2. The topological polar surface area (TPSA) is 65.2 Å². The fourth-order valence-electron chi connectivity index (χ4n) is 2.53. The highest BCUT2D eigenvalue weighted by Gasteiger charge is 2.16. The maximum absolute atomic E-state index is 12.3. The van der Waals surface area contributed by atoms with Crippen LogP contribution >= 0.6 is 11.8 Å². The van der Waals surface area contributed by atoms with Gasteiger partial charge in [0, 0.05) is 11.1 Å². The molecule has 3 rings (SSSR count). The molecule has 0 saturated heterocycles. The number of thioether (sulfide) groups is 1. The van der Waals surface area contributed by atoms with Crippen molar-refractivity contribution in [3.05, 3.63) is 59.7 Å². The zero-order chi connectivity index (χ0) is 21.0. The standard InChI is InChI=1S/C21H20F2N2O3S/c1-21(2,3)15-8-4-14(5-9-15)18-24-25-20(28-18)29-12-17(26)13-6-10-16(11-7-13)27-19(22)23/h4-11,19H,12H2,1-3H3. The Bertz CT molecular complexity index is 965. The molecule has 0 fully saturated rings.